The molecule has 5 nitrogen and oxygen atoms in total. The molecule has 0 fully saturated rings. The van der Waals surface area contributed by atoms with Crippen molar-refractivity contribution in [3.8, 4) is 22.9 Å². The molecule has 0 aliphatic carbocycles. The van der Waals surface area contributed by atoms with Gasteiger partial charge in [0.15, 0.2) is 0 Å². The van der Waals surface area contributed by atoms with E-state index in [1.807, 2.05) is 12.1 Å². The minimum absolute atomic E-state index is 0.640. The molecule has 0 atom stereocenters. The smallest absolute Gasteiger partial charge is 0.235 e. The Morgan fingerprint density at radius 2 is 1.04 bits per heavy atom. The number of hydrogen-bond acceptors (Lipinski definition) is 3. The van der Waals surface area contributed by atoms with Crippen LogP contribution < -0.4 is 0 Å². The Labute approximate surface area is 325 Å². The molecule has 0 spiro atoms. The first-order valence-corrected chi connectivity index (χ1v) is 19.3. The van der Waals surface area contributed by atoms with Crippen molar-refractivity contribution >= 4 is 98.0 Å². The molecule has 0 aliphatic rings. The van der Waals surface area contributed by atoms with Gasteiger partial charge in [-0.1, -0.05) is 115 Å². The molecule has 57 heavy (non-hydrogen) atoms. The predicted molar refractivity (Wildman–Crippen MR) is 236 cm³/mol. The summed E-state index contributed by atoms with van der Waals surface area (Å²) in [7, 11) is 0. The second-order valence-corrected chi connectivity index (χ2v) is 15.0. The monoisotopic (exact) mass is 726 g/mol. The van der Waals surface area contributed by atoms with E-state index in [2.05, 4.69) is 179 Å². The lowest BCUT2D eigenvalue weighted by Gasteiger charge is -2.14. The molecular formula is C52H30N4O. The summed E-state index contributed by atoms with van der Waals surface area (Å²) in [5, 5.41) is 12.5. The van der Waals surface area contributed by atoms with Crippen LogP contribution in [0.1, 0.15) is 0 Å². The Hall–Kier alpha value is -7.76. The number of hydrogen-bond donors (Lipinski definition) is 0. The molecule has 264 valence electrons. The minimum atomic E-state index is 0.640. The Kier molecular flexibility index (Phi) is 6.10. The Morgan fingerprint density at radius 3 is 1.88 bits per heavy atom. The van der Waals surface area contributed by atoms with Gasteiger partial charge in [-0.3, -0.25) is 4.57 Å². The van der Waals surface area contributed by atoms with E-state index in [0.717, 1.165) is 93.3 Å². The molecule has 13 rings (SSSR count). The van der Waals surface area contributed by atoms with Crippen LogP contribution in [0.3, 0.4) is 0 Å². The Balaban J connectivity index is 1.12. The standard InChI is InChI=1S/C52H30N4O/c1-2-13-34(14-3-1)55-43-19-9-6-16-36(43)41-28-33(23-26-45(41)55)50-39-25-22-31-12-4-5-15-35(31)51(39)54-52(53-50)56-44-20-10-7-17-37(44)42-30-40-32(29-46(42)56)24-27-48-49(40)38-18-8-11-21-47(38)57-48/h1-30H. The van der Waals surface area contributed by atoms with Gasteiger partial charge in [0.05, 0.1) is 33.3 Å². The zero-order chi connectivity index (χ0) is 37.2. The van der Waals surface area contributed by atoms with E-state index < -0.39 is 0 Å². The molecule has 0 amide bonds. The molecule has 5 heteroatoms. The maximum atomic E-state index is 6.31. The van der Waals surface area contributed by atoms with Gasteiger partial charge in [0.25, 0.3) is 0 Å². The van der Waals surface area contributed by atoms with Gasteiger partial charge >= 0.3 is 0 Å². The molecule has 0 unspecified atom stereocenters. The summed E-state index contributed by atoms with van der Waals surface area (Å²) < 4.78 is 10.9. The van der Waals surface area contributed by atoms with Gasteiger partial charge in [-0.2, -0.15) is 0 Å². The minimum Gasteiger partial charge on any atom is -0.456 e. The van der Waals surface area contributed by atoms with Crippen LogP contribution in [0.25, 0.3) is 121 Å². The molecule has 4 aromatic heterocycles. The first kappa shape index (κ1) is 30.6. The van der Waals surface area contributed by atoms with Gasteiger partial charge in [0.2, 0.25) is 5.95 Å². The fourth-order valence-corrected chi connectivity index (χ4v) is 9.37. The summed E-state index contributed by atoms with van der Waals surface area (Å²) in [5.74, 6) is 0.640. The van der Waals surface area contributed by atoms with Crippen LogP contribution in [0.5, 0.6) is 0 Å². The Bertz CT molecular complexity index is 3810. The van der Waals surface area contributed by atoms with Crippen molar-refractivity contribution in [1.29, 1.82) is 0 Å². The van der Waals surface area contributed by atoms with Gasteiger partial charge in [0.1, 0.15) is 11.2 Å². The van der Waals surface area contributed by atoms with Crippen molar-refractivity contribution in [2.45, 2.75) is 0 Å². The highest BCUT2D eigenvalue weighted by Gasteiger charge is 2.21. The topological polar surface area (TPSA) is 48.8 Å². The van der Waals surface area contributed by atoms with Crippen LogP contribution in [0.4, 0.5) is 0 Å². The summed E-state index contributed by atoms with van der Waals surface area (Å²) in [4.78, 5) is 11.0. The Morgan fingerprint density at radius 1 is 0.368 bits per heavy atom. The lowest BCUT2D eigenvalue weighted by atomic mass is 10.0. The summed E-state index contributed by atoms with van der Waals surface area (Å²) in [6.07, 6.45) is 0. The fourth-order valence-electron chi connectivity index (χ4n) is 9.37. The van der Waals surface area contributed by atoms with Crippen molar-refractivity contribution in [3.05, 3.63) is 182 Å². The summed E-state index contributed by atoms with van der Waals surface area (Å²) in [6.45, 7) is 0. The van der Waals surface area contributed by atoms with Crippen molar-refractivity contribution < 1.29 is 4.42 Å². The lowest BCUT2D eigenvalue weighted by Crippen LogP contribution is -2.04. The maximum Gasteiger partial charge on any atom is 0.235 e. The van der Waals surface area contributed by atoms with Gasteiger partial charge in [-0.15, -0.1) is 0 Å². The van der Waals surface area contributed by atoms with Crippen molar-refractivity contribution in [1.82, 2.24) is 19.1 Å². The third kappa shape index (κ3) is 4.28. The van der Waals surface area contributed by atoms with E-state index in [0.29, 0.717) is 5.95 Å². The van der Waals surface area contributed by atoms with Crippen molar-refractivity contribution in [3.63, 3.8) is 0 Å². The summed E-state index contributed by atoms with van der Waals surface area (Å²) >= 11 is 0. The van der Waals surface area contributed by atoms with Crippen molar-refractivity contribution in [2.24, 2.45) is 0 Å². The average molecular weight is 727 g/mol. The van der Waals surface area contributed by atoms with Gasteiger partial charge < -0.3 is 8.98 Å². The van der Waals surface area contributed by atoms with Crippen LogP contribution in [0.15, 0.2) is 186 Å². The van der Waals surface area contributed by atoms with Gasteiger partial charge in [-0.05, 0) is 82.9 Å². The third-order valence-electron chi connectivity index (χ3n) is 11.9. The number of furan rings is 1. The van der Waals surface area contributed by atoms with Gasteiger partial charge in [0, 0.05) is 54.3 Å². The maximum absolute atomic E-state index is 6.31. The van der Waals surface area contributed by atoms with E-state index in [-0.39, 0.29) is 0 Å². The number of nitrogens with zero attached hydrogens (tertiary/aromatic N) is 4. The number of benzene rings is 9. The summed E-state index contributed by atoms with van der Waals surface area (Å²) in [5.41, 5.74) is 10.2. The highest BCUT2D eigenvalue weighted by atomic mass is 16.3. The molecule has 13 aromatic rings. The molecule has 0 aliphatic heterocycles. The van der Waals surface area contributed by atoms with Crippen LogP contribution in [0, 0.1) is 0 Å². The van der Waals surface area contributed by atoms with E-state index in [9.17, 15) is 0 Å². The number of aromatic nitrogens is 4. The molecule has 0 saturated heterocycles. The van der Waals surface area contributed by atoms with Crippen LogP contribution >= 0.6 is 0 Å². The van der Waals surface area contributed by atoms with Crippen LogP contribution in [-0.2, 0) is 0 Å². The number of para-hydroxylation sites is 4. The zero-order valence-electron chi connectivity index (χ0n) is 30.5. The average Bonchev–Trinajstić information content (AvgIpc) is 3.93. The molecule has 9 aromatic carbocycles. The molecular weight excluding hydrogens is 697 g/mol. The third-order valence-corrected chi connectivity index (χ3v) is 11.9. The van der Waals surface area contributed by atoms with E-state index in [1.165, 1.54) is 21.7 Å². The lowest BCUT2D eigenvalue weighted by molar-refractivity contribution is 0.669. The predicted octanol–water partition coefficient (Wildman–Crippen LogP) is 13.7. The largest absolute Gasteiger partial charge is 0.456 e. The number of fused-ring (bicyclic) bond motifs is 14. The van der Waals surface area contributed by atoms with Gasteiger partial charge in [-0.25, -0.2) is 9.97 Å². The van der Waals surface area contributed by atoms with E-state index in [4.69, 9.17) is 14.4 Å². The first-order chi connectivity index (χ1) is 28.3. The first-order valence-electron chi connectivity index (χ1n) is 19.3. The molecule has 0 saturated carbocycles. The molecule has 0 N–H and O–H groups in total. The SMILES string of the molecule is c1ccc(-n2c3ccccc3c3cc(-c4nc(-n5c6ccccc6c6cc7c(ccc8oc9ccccc9c87)cc65)nc5c4ccc4ccccc45)ccc32)cc1. The molecule has 0 bridgehead atoms. The van der Waals surface area contributed by atoms with Crippen molar-refractivity contribution in [2.75, 3.05) is 0 Å². The summed E-state index contributed by atoms with van der Waals surface area (Å²) in [6, 6.07) is 64.8. The number of rotatable bonds is 3. The van der Waals surface area contributed by atoms with E-state index in [1.54, 1.807) is 0 Å². The molecule has 0 radical (unpaired) electrons. The molecule has 4 heterocycles. The zero-order valence-corrected chi connectivity index (χ0v) is 30.5. The van der Waals surface area contributed by atoms with Crippen LogP contribution in [-0.4, -0.2) is 19.1 Å². The normalized spacial score (nSPS) is 12.2. The fraction of sp³-hybridized carbons (Fsp3) is 0. The highest BCUT2D eigenvalue weighted by Crippen LogP contribution is 2.42. The highest BCUT2D eigenvalue weighted by molar-refractivity contribution is 6.23. The second kappa shape index (κ2) is 11.4. The van der Waals surface area contributed by atoms with Crippen LogP contribution in [0.2, 0.25) is 0 Å². The van der Waals surface area contributed by atoms with E-state index >= 15 is 0 Å². The quantitative estimate of drug-likeness (QED) is 0.170. The second-order valence-electron chi connectivity index (χ2n) is 15.0.